The highest BCUT2D eigenvalue weighted by molar-refractivity contribution is 9.10. The van der Waals surface area contributed by atoms with Gasteiger partial charge in [-0.1, -0.05) is 48.8 Å². The monoisotopic (exact) mass is 419 g/mol. The van der Waals surface area contributed by atoms with Crippen molar-refractivity contribution < 1.29 is 14.3 Å². The van der Waals surface area contributed by atoms with Gasteiger partial charge in [0.05, 0.1) is 6.54 Å². The zero-order chi connectivity index (χ0) is 19.2. The molecule has 0 aliphatic heterocycles. The van der Waals surface area contributed by atoms with Crippen LogP contribution in [0.3, 0.4) is 0 Å². The molecule has 26 heavy (non-hydrogen) atoms. The molecule has 0 unspecified atom stereocenters. The molecule has 1 atom stereocenters. The van der Waals surface area contributed by atoms with E-state index in [1.807, 2.05) is 36.4 Å². The number of benzene rings is 2. The zero-order valence-electron chi connectivity index (χ0n) is 15.7. The highest BCUT2D eigenvalue weighted by Gasteiger charge is 2.14. The van der Waals surface area contributed by atoms with Gasteiger partial charge in [0.15, 0.2) is 6.10 Å². The average molecular weight is 420 g/mol. The number of carbonyl (C=O) groups is 1. The van der Waals surface area contributed by atoms with E-state index >= 15 is 0 Å². The smallest absolute Gasteiger partial charge is 0.260 e. The summed E-state index contributed by atoms with van der Waals surface area (Å²) in [6, 6.07) is 15.4. The molecule has 4 nitrogen and oxygen atoms in total. The van der Waals surface area contributed by atoms with Crippen molar-refractivity contribution in [2.45, 2.75) is 39.2 Å². The third kappa shape index (κ3) is 6.37. The fraction of sp³-hybridized carbons (Fsp3) is 0.381. The Kier molecular flexibility index (Phi) is 7.09. The van der Waals surface area contributed by atoms with E-state index in [4.69, 9.17) is 9.47 Å². The predicted octanol–water partition coefficient (Wildman–Crippen LogP) is 4.71. The number of nitrogens with one attached hydrogen (secondary N) is 1. The molecule has 0 saturated carbocycles. The summed E-state index contributed by atoms with van der Waals surface area (Å²) < 4.78 is 12.3. The van der Waals surface area contributed by atoms with Gasteiger partial charge in [-0.3, -0.25) is 4.79 Å². The molecule has 0 aliphatic carbocycles. The first-order valence-electron chi connectivity index (χ1n) is 8.69. The average Bonchev–Trinajstić information content (AvgIpc) is 2.60. The maximum Gasteiger partial charge on any atom is 0.260 e. The van der Waals surface area contributed by atoms with Crippen molar-refractivity contribution in [2.24, 2.45) is 0 Å². The Bertz CT molecular complexity index is 706. The number of hydrogen-bond donors (Lipinski definition) is 1. The third-order valence-corrected chi connectivity index (χ3v) is 4.41. The van der Waals surface area contributed by atoms with Crippen LogP contribution < -0.4 is 14.8 Å². The minimum absolute atomic E-state index is 0.122. The van der Waals surface area contributed by atoms with E-state index in [2.05, 4.69) is 54.2 Å². The maximum absolute atomic E-state index is 12.1. The second kappa shape index (κ2) is 9.08. The zero-order valence-corrected chi connectivity index (χ0v) is 17.3. The fourth-order valence-corrected chi connectivity index (χ4v) is 2.57. The van der Waals surface area contributed by atoms with Gasteiger partial charge in [0.25, 0.3) is 5.91 Å². The Morgan fingerprint density at radius 2 is 1.62 bits per heavy atom. The summed E-state index contributed by atoms with van der Waals surface area (Å²) in [5.41, 5.74) is 1.38. The van der Waals surface area contributed by atoms with Crippen LogP contribution in [0.25, 0.3) is 0 Å². The van der Waals surface area contributed by atoms with Crippen molar-refractivity contribution in [3.63, 3.8) is 0 Å². The summed E-state index contributed by atoms with van der Waals surface area (Å²) in [6.07, 6.45) is -0.567. The van der Waals surface area contributed by atoms with Crippen LogP contribution in [0.1, 0.15) is 33.3 Å². The molecule has 0 aliphatic rings. The van der Waals surface area contributed by atoms with Crippen molar-refractivity contribution >= 4 is 21.8 Å². The molecular weight excluding hydrogens is 394 g/mol. The van der Waals surface area contributed by atoms with Crippen molar-refractivity contribution in [3.8, 4) is 11.5 Å². The first-order valence-corrected chi connectivity index (χ1v) is 9.48. The number of carbonyl (C=O) groups excluding carboxylic acids is 1. The molecule has 0 spiro atoms. The molecule has 2 aromatic rings. The number of ether oxygens (including phenoxy) is 2. The molecule has 140 valence electrons. The standard InChI is InChI=1S/C21H26BrNO3/c1-15(26-19-11-7-17(22)8-12-19)20(24)23-13-14-25-18-9-5-16(6-10-18)21(2,3)4/h5-12,15H,13-14H2,1-4H3,(H,23,24)/t15-/m0/s1. The van der Waals surface area contributed by atoms with Crippen LogP contribution in [0.5, 0.6) is 11.5 Å². The van der Waals surface area contributed by atoms with Crippen LogP contribution in [0.15, 0.2) is 53.0 Å². The van der Waals surface area contributed by atoms with Gasteiger partial charge in [0.2, 0.25) is 0 Å². The molecule has 0 heterocycles. The summed E-state index contributed by atoms with van der Waals surface area (Å²) >= 11 is 3.37. The van der Waals surface area contributed by atoms with Gasteiger partial charge in [-0.15, -0.1) is 0 Å². The molecule has 0 saturated heterocycles. The second-order valence-electron chi connectivity index (χ2n) is 7.13. The molecule has 1 amide bonds. The lowest BCUT2D eigenvalue weighted by Crippen LogP contribution is -2.38. The van der Waals surface area contributed by atoms with Gasteiger partial charge in [0.1, 0.15) is 18.1 Å². The van der Waals surface area contributed by atoms with Crippen molar-refractivity contribution in [3.05, 3.63) is 58.6 Å². The minimum Gasteiger partial charge on any atom is -0.492 e. The van der Waals surface area contributed by atoms with E-state index in [0.717, 1.165) is 10.2 Å². The lowest BCUT2D eigenvalue weighted by Gasteiger charge is -2.19. The Hall–Kier alpha value is -2.01. The molecule has 2 aromatic carbocycles. The number of amides is 1. The number of hydrogen-bond acceptors (Lipinski definition) is 3. The summed E-state index contributed by atoms with van der Waals surface area (Å²) in [6.45, 7) is 9.09. The van der Waals surface area contributed by atoms with Gasteiger partial charge < -0.3 is 14.8 Å². The van der Waals surface area contributed by atoms with E-state index in [9.17, 15) is 4.79 Å². The van der Waals surface area contributed by atoms with E-state index in [1.165, 1.54) is 5.56 Å². The van der Waals surface area contributed by atoms with Crippen LogP contribution in [0.2, 0.25) is 0 Å². The van der Waals surface area contributed by atoms with Gasteiger partial charge >= 0.3 is 0 Å². The molecule has 5 heteroatoms. The Balaban J connectivity index is 1.71. The topological polar surface area (TPSA) is 47.6 Å². The lowest BCUT2D eigenvalue weighted by atomic mass is 9.87. The van der Waals surface area contributed by atoms with Crippen LogP contribution in [-0.2, 0) is 10.2 Å². The van der Waals surface area contributed by atoms with Crippen LogP contribution in [0.4, 0.5) is 0 Å². The maximum atomic E-state index is 12.1. The van der Waals surface area contributed by atoms with Crippen molar-refractivity contribution in [2.75, 3.05) is 13.2 Å². The van der Waals surface area contributed by atoms with Crippen molar-refractivity contribution in [1.82, 2.24) is 5.32 Å². The van der Waals surface area contributed by atoms with Gasteiger partial charge in [-0.05, 0) is 54.3 Å². The van der Waals surface area contributed by atoms with Crippen LogP contribution in [0, 0.1) is 0 Å². The van der Waals surface area contributed by atoms with Crippen LogP contribution >= 0.6 is 15.9 Å². The SMILES string of the molecule is C[C@H](Oc1ccc(Br)cc1)C(=O)NCCOc1ccc(C(C)(C)C)cc1. The quantitative estimate of drug-likeness (QED) is 0.660. The number of rotatable bonds is 7. The fourth-order valence-electron chi connectivity index (χ4n) is 2.31. The number of halogens is 1. The first-order chi connectivity index (χ1) is 12.3. The summed E-state index contributed by atoms with van der Waals surface area (Å²) in [5.74, 6) is 1.29. The van der Waals surface area contributed by atoms with E-state index in [-0.39, 0.29) is 11.3 Å². The molecular formula is C21H26BrNO3. The van der Waals surface area contributed by atoms with Gasteiger partial charge in [0, 0.05) is 4.47 Å². The van der Waals surface area contributed by atoms with Crippen LogP contribution in [-0.4, -0.2) is 25.2 Å². The Labute approximate surface area is 164 Å². The molecule has 0 radical (unpaired) electrons. The molecule has 0 fully saturated rings. The lowest BCUT2D eigenvalue weighted by molar-refractivity contribution is -0.127. The minimum atomic E-state index is -0.567. The normalized spacial score (nSPS) is 12.3. The highest BCUT2D eigenvalue weighted by atomic mass is 79.9. The largest absolute Gasteiger partial charge is 0.492 e. The molecule has 2 rings (SSSR count). The molecule has 0 aromatic heterocycles. The second-order valence-corrected chi connectivity index (χ2v) is 8.04. The molecule has 1 N–H and O–H groups in total. The summed E-state index contributed by atoms with van der Waals surface area (Å²) in [5, 5.41) is 2.82. The molecule has 0 bridgehead atoms. The summed E-state index contributed by atoms with van der Waals surface area (Å²) in [4.78, 5) is 12.1. The Morgan fingerprint density at radius 3 is 2.19 bits per heavy atom. The van der Waals surface area contributed by atoms with E-state index in [0.29, 0.717) is 18.9 Å². The van der Waals surface area contributed by atoms with Gasteiger partial charge in [-0.25, -0.2) is 0 Å². The highest BCUT2D eigenvalue weighted by Crippen LogP contribution is 2.24. The van der Waals surface area contributed by atoms with Crippen molar-refractivity contribution in [1.29, 1.82) is 0 Å². The first kappa shape index (κ1) is 20.3. The third-order valence-electron chi connectivity index (χ3n) is 3.89. The van der Waals surface area contributed by atoms with E-state index < -0.39 is 6.10 Å². The van der Waals surface area contributed by atoms with E-state index in [1.54, 1.807) is 6.92 Å². The summed E-state index contributed by atoms with van der Waals surface area (Å²) in [7, 11) is 0. The van der Waals surface area contributed by atoms with Gasteiger partial charge in [-0.2, -0.15) is 0 Å². The predicted molar refractivity (Wildman–Crippen MR) is 108 cm³/mol. The Morgan fingerprint density at radius 1 is 1.04 bits per heavy atom.